The summed E-state index contributed by atoms with van der Waals surface area (Å²) in [6.45, 7) is 1.12. The molecule has 0 radical (unpaired) electrons. The maximum atomic E-state index is 12.6. The molecule has 0 aliphatic carbocycles. The molecule has 2 aliphatic heterocycles. The van der Waals surface area contributed by atoms with Crippen molar-refractivity contribution < 1.29 is 8.42 Å². The molecule has 2 heterocycles. The van der Waals surface area contributed by atoms with Crippen LogP contribution < -0.4 is 5.32 Å². The number of nitrogens with zero attached hydrogens (tertiary/aromatic N) is 2. The topological polar surface area (TPSA) is 73.2 Å². The monoisotopic (exact) mass is 305 g/mol. The molecule has 2 unspecified atom stereocenters. The van der Waals surface area contributed by atoms with Gasteiger partial charge in [-0.15, -0.1) is 0 Å². The van der Waals surface area contributed by atoms with Crippen LogP contribution >= 0.6 is 0 Å². The Morgan fingerprint density at radius 1 is 1.24 bits per heavy atom. The molecule has 112 valence electrons. The highest BCUT2D eigenvalue weighted by atomic mass is 32.2. The molecule has 2 aliphatic rings. The number of nitriles is 1. The summed E-state index contributed by atoms with van der Waals surface area (Å²) in [4.78, 5) is 0. The third-order valence-electron chi connectivity index (χ3n) is 4.36. The van der Waals surface area contributed by atoms with E-state index in [1.165, 1.54) is 0 Å². The predicted octanol–water partition coefficient (Wildman–Crippen LogP) is 1.21. The van der Waals surface area contributed by atoms with E-state index in [0.29, 0.717) is 30.3 Å². The van der Waals surface area contributed by atoms with Gasteiger partial charge in [0.2, 0.25) is 10.0 Å². The Morgan fingerprint density at radius 3 is 2.81 bits per heavy atom. The molecule has 2 fully saturated rings. The molecule has 6 heteroatoms. The summed E-state index contributed by atoms with van der Waals surface area (Å²) in [6.07, 6.45) is 3.07. The van der Waals surface area contributed by atoms with E-state index >= 15 is 0 Å². The second-order valence-corrected chi connectivity index (χ2v) is 7.78. The van der Waals surface area contributed by atoms with Gasteiger partial charge in [-0.05, 0) is 30.9 Å². The van der Waals surface area contributed by atoms with Gasteiger partial charge in [-0.1, -0.05) is 18.2 Å². The highest BCUT2D eigenvalue weighted by Gasteiger charge is 2.34. The van der Waals surface area contributed by atoms with Crippen molar-refractivity contribution in [2.45, 2.75) is 37.1 Å². The fourth-order valence-electron chi connectivity index (χ4n) is 3.21. The van der Waals surface area contributed by atoms with Crippen LogP contribution in [0.1, 0.15) is 30.4 Å². The summed E-state index contributed by atoms with van der Waals surface area (Å²) >= 11 is 0. The summed E-state index contributed by atoms with van der Waals surface area (Å²) in [6, 6.07) is 9.71. The molecule has 0 aromatic heterocycles. The average Bonchev–Trinajstić information content (AvgIpc) is 2.77. The zero-order chi connectivity index (χ0) is 14.9. The summed E-state index contributed by atoms with van der Waals surface area (Å²) in [5, 5.41) is 12.6. The largest absolute Gasteiger partial charge is 0.310 e. The van der Waals surface area contributed by atoms with Gasteiger partial charge in [0.15, 0.2) is 0 Å². The number of sulfonamides is 1. The number of hydrogen-bond acceptors (Lipinski definition) is 4. The van der Waals surface area contributed by atoms with Gasteiger partial charge in [-0.2, -0.15) is 5.26 Å². The summed E-state index contributed by atoms with van der Waals surface area (Å²) in [7, 11) is -3.37. The normalized spacial score (nSPS) is 26.2. The Bertz CT molecular complexity index is 666. The Morgan fingerprint density at radius 2 is 2.00 bits per heavy atom. The first-order chi connectivity index (χ1) is 10.1. The first-order valence-electron chi connectivity index (χ1n) is 7.30. The number of nitrogens with one attached hydrogen (secondary N) is 1. The fraction of sp³-hybridized carbons (Fsp3) is 0.533. The molecule has 2 bridgehead atoms. The Kier molecular flexibility index (Phi) is 3.98. The number of benzene rings is 1. The lowest BCUT2D eigenvalue weighted by Gasteiger charge is -2.23. The van der Waals surface area contributed by atoms with Crippen LogP contribution in [0.25, 0.3) is 0 Å². The minimum atomic E-state index is -3.37. The van der Waals surface area contributed by atoms with Crippen molar-refractivity contribution in [2.75, 3.05) is 13.1 Å². The molecule has 0 saturated carbocycles. The SMILES string of the molecule is N#Cc1ccccc1CS(=O)(=O)N1CCC2CCC(C1)N2. The molecular weight excluding hydrogens is 286 g/mol. The first-order valence-corrected chi connectivity index (χ1v) is 8.91. The van der Waals surface area contributed by atoms with E-state index in [0.717, 1.165) is 19.3 Å². The number of hydrogen-bond donors (Lipinski definition) is 1. The van der Waals surface area contributed by atoms with Crippen LogP contribution in [0.2, 0.25) is 0 Å². The first kappa shape index (κ1) is 14.5. The van der Waals surface area contributed by atoms with Gasteiger partial charge in [0.1, 0.15) is 0 Å². The lowest BCUT2D eigenvalue weighted by Crippen LogP contribution is -2.39. The van der Waals surface area contributed by atoms with Gasteiger partial charge in [-0.25, -0.2) is 12.7 Å². The van der Waals surface area contributed by atoms with Crippen LogP contribution in [0.4, 0.5) is 0 Å². The third-order valence-corrected chi connectivity index (χ3v) is 6.15. The fourth-order valence-corrected chi connectivity index (χ4v) is 4.82. The molecule has 1 aromatic rings. The zero-order valence-electron chi connectivity index (χ0n) is 11.8. The van der Waals surface area contributed by atoms with Crippen molar-refractivity contribution in [1.29, 1.82) is 5.26 Å². The van der Waals surface area contributed by atoms with Crippen molar-refractivity contribution in [1.82, 2.24) is 9.62 Å². The molecule has 5 nitrogen and oxygen atoms in total. The van der Waals surface area contributed by atoms with Gasteiger partial charge < -0.3 is 5.32 Å². The number of fused-ring (bicyclic) bond motifs is 2. The number of rotatable bonds is 3. The van der Waals surface area contributed by atoms with E-state index in [1.54, 1.807) is 28.6 Å². The second kappa shape index (κ2) is 5.76. The van der Waals surface area contributed by atoms with Gasteiger partial charge in [0.05, 0.1) is 17.4 Å². The highest BCUT2D eigenvalue weighted by Crippen LogP contribution is 2.24. The van der Waals surface area contributed by atoms with E-state index in [9.17, 15) is 8.42 Å². The Hall–Kier alpha value is -1.42. The molecule has 0 amide bonds. The molecule has 2 atom stereocenters. The van der Waals surface area contributed by atoms with E-state index in [2.05, 4.69) is 11.4 Å². The zero-order valence-corrected chi connectivity index (χ0v) is 12.6. The van der Waals surface area contributed by atoms with Crippen molar-refractivity contribution in [3.63, 3.8) is 0 Å². The van der Waals surface area contributed by atoms with Crippen LogP contribution in [-0.2, 0) is 15.8 Å². The lowest BCUT2D eigenvalue weighted by atomic mass is 10.1. The van der Waals surface area contributed by atoms with Crippen molar-refractivity contribution in [3.05, 3.63) is 35.4 Å². The van der Waals surface area contributed by atoms with Crippen molar-refractivity contribution in [3.8, 4) is 6.07 Å². The van der Waals surface area contributed by atoms with Crippen LogP contribution in [0.5, 0.6) is 0 Å². The van der Waals surface area contributed by atoms with E-state index in [1.807, 2.05) is 0 Å². The molecule has 1 N–H and O–H groups in total. The second-order valence-electron chi connectivity index (χ2n) is 5.81. The van der Waals surface area contributed by atoms with Crippen LogP contribution in [0.3, 0.4) is 0 Å². The summed E-state index contributed by atoms with van der Waals surface area (Å²) < 4.78 is 26.9. The summed E-state index contributed by atoms with van der Waals surface area (Å²) in [5.74, 6) is -0.0892. The molecule has 1 aromatic carbocycles. The van der Waals surface area contributed by atoms with Crippen LogP contribution in [0, 0.1) is 11.3 Å². The quantitative estimate of drug-likeness (QED) is 0.911. The van der Waals surface area contributed by atoms with E-state index in [-0.39, 0.29) is 11.8 Å². The van der Waals surface area contributed by atoms with Gasteiger partial charge >= 0.3 is 0 Å². The van der Waals surface area contributed by atoms with Crippen molar-refractivity contribution >= 4 is 10.0 Å². The third kappa shape index (κ3) is 3.10. The Labute approximate surface area is 125 Å². The summed E-state index contributed by atoms with van der Waals surface area (Å²) in [5.41, 5.74) is 1.03. The molecular formula is C15H19N3O2S. The predicted molar refractivity (Wildman–Crippen MR) is 79.9 cm³/mol. The minimum absolute atomic E-state index is 0.0892. The van der Waals surface area contributed by atoms with Crippen molar-refractivity contribution in [2.24, 2.45) is 0 Å². The molecule has 2 saturated heterocycles. The highest BCUT2D eigenvalue weighted by molar-refractivity contribution is 7.88. The average molecular weight is 305 g/mol. The van der Waals surface area contributed by atoms with E-state index in [4.69, 9.17) is 5.26 Å². The minimum Gasteiger partial charge on any atom is -0.310 e. The lowest BCUT2D eigenvalue weighted by molar-refractivity contribution is 0.383. The molecule has 0 spiro atoms. The Balaban J connectivity index is 1.79. The maximum absolute atomic E-state index is 12.6. The van der Waals surface area contributed by atoms with Gasteiger partial charge in [0, 0.05) is 25.2 Å². The van der Waals surface area contributed by atoms with Crippen LogP contribution in [0.15, 0.2) is 24.3 Å². The maximum Gasteiger partial charge on any atom is 0.218 e. The van der Waals surface area contributed by atoms with Gasteiger partial charge in [0.25, 0.3) is 0 Å². The molecule has 3 rings (SSSR count). The van der Waals surface area contributed by atoms with Gasteiger partial charge in [-0.3, -0.25) is 0 Å². The standard InChI is InChI=1S/C15H19N3O2S/c16-9-12-3-1-2-4-13(12)11-21(19,20)18-8-7-14-5-6-15(10-18)17-14/h1-4,14-15,17H,5-8,10-11H2. The molecule has 21 heavy (non-hydrogen) atoms. The smallest absolute Gasteiger partial charge is 0.218 e. The van der Waals surface area contributed by atoms with Crippen LogP contribution in [-0.4, -0.2) is 37.9 Å². The van der Waals surface area contributed by atoms with E-state index < -0.39 is 10.0 Å².